The van der Waals surface area contributed by atoms with Gasteiger partial charge in [-0.1, -0.05) is 0 Å². The second kappa shape index (κ2) is 3.27. The van der Waals surface area contributed by atoms with Crippen molar-refractivity contribution < 1.29 is 0 Å². The average Bonchev–Trinajstić information content (AvgIpc) is 1.41. The number of hydrogen-bond donors (Lipinski definition) is 0. The van der Waals surface area contributed by atoms with E-state index in [1.807, 2.05) is 11.2 Å². The molecule has 0 bridgehead atoms. The quantitative estimate of drug-likeness (QED) is 0.394. The molecule has 0 amide bonds. The predicted octanol–water partition coefficient (Wildman–Crippen LogP) is 0.668. The minimum Gasteiger partial charge on any atom is -0.183 e. The Hall–Kier alpha value is -0.730. The van der Waals surface area contributed by atoms with E-state index in [4.69, 9.17) is 5.26 Å². The summed E-state index contributed by atoms with van der Waals surface area (Å²) in [4.78, 5) is 0. The van der Waals surface area contributed by atoms with E-state index in [0.29, 0.717) is 0 Å². The highest BCUT2D eigenvalue weighted by Gasteiger charge is 1.43. The third-order valence-electron chi connectivity index (χ3n) is 0.107. The summed E-state index contributed by atoms with van der Waals surface area (Å²) in [6.45, 7) is 0. The van der Waals surface area contributed by atoms with Gasteiger partial charge in [0, 0.05) is 11.2 Å². The predicted molar refractivity (Wildman–Crippen MR) is 21.0 cm³/mol. The van der Waals surface area contributed by atoms with E-state index in [1.165, 1.54) is 0 Å². The second-order valence-corrected chi connectivity index (χ2v) is 0.543. The third-order valence-corrected chi connectivity index (χ3v) is 0.209. The van der Waals surface area contributed by atoms with Crippen LogP contribution in [-0.4, -0.2) is 0 Å². The summed E-state index contributed by atoms with van der Waals surface area (Å²) < 4.78 is 0. The molecular weight excluding hydrogens is 82.1 g/mol. The highest BCUT2D eigenvalue weighted by molar-refractivity contribution is 7.85. The maximum atomic E-state index is 7.58. The molecule has 0 fully saturated rings. The Balaban J connectivity index is 3.30. The monoisotopic (exact) mass is 82.0 g/mol. The minimum absolute atomic E-state index is 1.55. The van der Waals surface area contributed by atoms with Crippen LogP contribution in [0.3, 0.4) is 0 Å². The molecule has 0 heterocycles. The van der Waals surface area contributed by atoms with Gasteiger partial charge in [0.2, 0.25) is 0 Å². The van der Waals surface area contributed by atoms with Gasteiger partial charge in [-0.05, 0) is 12.6 Å². The SMILES string of the molecule is N#CC#C[S]. The van der Waals surface area contributed by atoms with Crippen molar-refractivity contribution in [2.75, 3.05) is 0 Å². The van der Waals surface area contributed by atoms with E-state index in [0.717, 1.165) is 0 Å². The van der Waals surface area contributed by atoms with E-state index in [2.05, 4.69) is 12.6 Å². The lowest BCUT2D eigenvalue weighted by atomic mass is 10.8. The molecule has 2 heteroatoms. The topological polar surface area (TPSA) is 23.8 Å². The van der Waals surface area contributed by atoms with Crippen molar-refractivity contribution in [3.05, 3.63) is 0 Å². The fourth-order valence-electron chi connectivity index (χ4n) is 0.0228. The summed E-state index contributed by atoms with van der Waals surface area (Å²) in [6.07, 6.45) is 0. The molecule has 0 unspecified atom stereocenters. The molecule has 0 aromatic rings. The van der Waals surface area contributed by atoms with Crippen molar-refractivity contribution >= 4 is 12.6 Å². The maximum Gasteiger partial charge on any atom is 0.153 e. The highest BCUT2D eigenvalue weighted by atomic mass is 32.1. The van der Waals surface area contributed by atoms with Crippen molar-refractivity contribution in [2.24, 2.45) is 0 Å². The van der Waals surface area contributed by atoms with Crippen molar-refractivity contribution in [2.45, 2.75) is 0 Å². The summed E-state index contributed by atoms with van der Waals surface area (Å²) in [7, 11) is 0. The molecule has 23 valence electrons. The van der Waals surface area contributed by atoms with Crippen LogP contribution in [0, 0.1) is 22.5 Å². The number of hydrogen-bond acceptors (Lipinski definition) is 1. The molecule has 1 nitrogen and oxygen atoms in total. The summed E-state index contributed by atoms with van der Waals surface area (Å²) in [5, 5.41) is 9.57. The summed E-state index contributed by atoms with van der Waals surface area (Å²) in [5.41, 5.74) is 0. The molecule has 0 saturated carbocycles. The molecular formula is C3NS. The maximum absolute atomic E-state index is 7.58. The van der Waals surface area contributed by atoms with Crippen molar-refractivity contribution in [1.29, 1.82) is 5.26 Å². The molecule has 0 aromatic carbocycles. The molecule has 5 heavy (non-hydrogen) atoms. The molecule has 0 aliphatic heterocycles. The van der Waals surface area contributed by atoms with Crippen LogP contribution in [0.25, 0.3) is 0 Å². The Morgan fingerprint density at radius 2 is 2.20 bits per heavy atom. The van der Waals surface area contributed by atoms with Crippen LogP contribution in [0.4, 0.5) is 0 Å². The third kappa shape index (κ3) is 3.27. The molecule has 0 spiro atoms. The molecule has 0 saturated heterocycles. The van der Waals surface area contributed by atoms with Gasteiger partial charge in [-0.3, -0.25) is 0 Å². The first kappa shape index (κ1) is 4.27. The van der Waals surface area contributed by atoms with Gasteiger partial charge in [-0.15, -0.1) is 0 Å². The molecule has 0 atom stereocenters. The second-order valence-electron chi connectivity index (χ2n) is 0.339. The Bertz CT molecular complexity index is 100. The lowest BCUT2D eigenvalue weighted by Gasteiger charge is -1.34. The van der Waals surface area contributed by atoms with E-state index in [1.54, 1.807) is 6.07 Å². The largest absolute Gasteiger partial charge is 0.183 e. The number of nitrogens with zero attached hydrogens (tertiary/aromatic N) is 1. The van der Waals surface area contributed by atoms with Crippen LogP contribution < -0.4 is 0 Å². The van der Waals surface area contributed by atoms with Crippen LogP contribution in [-0.2, 0) is 0 Å². The van der Waals surface area contributed by atoms with Gasteiger partial charge in [-0.25, -0.2) is 0 Å². The first-order chi connectivity index (χ1) is 2.41. The molecule has 0 aliphatic rings. The molecule has 0 rings (SSSR count). The molecule has 0 aromatic heterocycles. The standard InChI is InChI=1S/C3NS/c4-2-1-3-5. The zero-order chi connectivity index (χ0) is 4.12. The Morgan fingerprint density at radius 1 is 1.60 bits per heavy atom. The summed E-state index contributed by atoms with van der Waals surface area (Å²) in [6, 6.07) is 1.55. The smallest absolute Gasteiger partial charge is 0.153 e. The fraction of sp³-hybridized carbons (Fsp3) is 0. The Labute approximate surface area is 36.0 Å². The average molecular weight is 82.1 g/mol. The molecule has 1 radical (unpaired) electrons. The van der Waals surface area contributed by atoms with E-state index in [9.17, 15) is 0 Å². The number of nitriles is 1. The van der Waals surface area contributed by atoms with Crippen LogP contribution in [0.15, 0.2) is 0 Å². The lowest BCUT2D eigenvalue weighted by Crippen LogP contribution is -1.33. The zero-order valence-electron chi connectivity index (χ0n) is 2.36. The van der Waals surface area contributed by atoms with E-state index >= 15 is 0 Å². The number of rotatable bonds is 0. The zero-order valence-corrected chi connectivity index (χ0v) is 3.17. The Morgan fingerprint density at radius 3 is 2.20 bits per heavy atom. The normalized spacial score (nSPS) is 3.00. The first-order valence-electron chi connectivity index (χ1n) is 0.928. The van der Waals surface area contributed by atoms with Crippen LogP contribution in [0.2, 0.25) is 0 Å². The Kier molecular flexibility index (Phi) is 2.79. The van der Waals surface area contributed by atoms with Crippen LogP contribution >= 0.6 is 12.6 Å². The van der Waals surface area contributed by atoms with E-state index in [-0.39, 0.29) is 0 Å². The van der Waals surface area contributed by atoms with Gasteiger partial charge < -0.3 is 0 Å². The van der Waals surface area contributed by atoms with Crippen molar-refractivity contribution in [3.63, 3.8) is 0 Å². The van der Waals surface area contributed by atoms with E-state index < -0.39 is 0 Å². The lowest BCUT2D eigenvalue weighted by molar-refractivity contribution is 1.55. The minimum atomic E-state index is 1.55. The highest BCUT2D eigenvalue weighted by Crippen LogP contribution is 1.54. The van der Waals surface area contributed by atoms with Gasteiger partial charge in [0.15, 0.2) is 6.07 Å². The molecule has 0 aliphatic carbocycles. The molecule has 0 N–H and O–H groups in total. The van der Waals surface area contributed by atoms with Crippen LogP contribution in [0.5, 0.6) is 0 Å². The van der Waals surface area contributed by atoms with Gasteiger partial charge in [-0.2, -0.15) is 5.26 Å². The summed E-state index contributed by atoms with van der Waals surface area (Å²) in [5.74, 6) is 1.98. The first-order valence-corrected chi connectivity index (χ1v) is 1.34. The van der Waals surface area contributed by atoms with Crippen LogP contribution in [0.1, 0.15) is 0 Å². The van der Waals surface area contributed by atoms with Gasteiger partial charge in [0.25, 0.3) is 0 Å². The summed E-state index contributed by atoms with van der Waals surface area (Å²) >= 11 is 4.07. The van der Waals surface area contributed by atoms with Gasteiger partial charge in [0.1, 0.15) is 0 Å². The van der Waals surface area contributed by atoms with Crippen molar-refractivity contribution in [1.82, 2.24) is 0 Å². The van der Waals surface area contributed by atoms with Gasteiger partial charge >= 0.3 is 0 Å². The van der Waals surface area contributed by atoms with Gasteiger partial charge in [0.05, 0.1) is 0 Å². The van der Waals surface area contributed by atoms with Crippen molar-refractivity contribution in [3.8, 4) is 17.2 Å². The fourth-order valence-corrected chi connectivity index (χ4v) is 0.0685.